The summed E-state index contributed by atoms with van der Waals surface area (Å²) in [7, 11) is 3.24. The number of rotatable bonds is 6. The van der Waals surface area contributed by atoms with E-state index in [1.807, 2.05) is 56.3 Å². The third-order valence-electron chi connectivity index (χ3n) is 4.94. The average Bonchev–Trinajstić information content (AvgIpc) is 2.92. The summed E-state index contributed by atoms with van der Waals surface area (Å²) in [6.45, 7) is 4.37. The zero-order valence-electron chi connectivity index (χ0n) is 16.4. The number of para-hydroxylation sites is 1. The zero-order chi connectivity index (χ0) is 20.4. The van der Waals surface area contributed by atoms with Crippen LogP contribution in [0.4, 0.5) is 0 Å². The lowest BCUT2D eigenvalue weighted by Gasteiger charge is -2.17. The van der Waals surface area contributed by atoms with E-state index in [4.69, 9.17) is 15.2 Å². The van der Waals surface area contributed by atoms with Crippen LogP contribution < -0.4 is 15.2 Å². The lowest BCUT2D eigenvalue weighted by atomic mass is 10.0. The van der Waals surface area contributed by atoms with Crippen LogP contribution in [0.25, 0.3) is 11.3 Å². The van der Waals surface area contributed by atoms with Crippen LogP contribution in [0.3, 0.4) is 0 Å². The highest BCUT2D eigenvalue weighted by molar-refractivity contribution is 9.10. The summed E-state index contributed by atoms with van der Waals surface area (Å²) in [5, 5.41) is 0. The number of halogens is 1. The van der Waals surface area contributed by atoms with Gasteiger partial charge in [-0.05, 0) is 43.2 Å². The van der Waals surface area contributed by atoms with Gasteiger partial charge in [0.1, 0.15) is 0 Å². The van der Waals surface area contributed by atoms with E-state index in [1.165, 1.54) is 0 Å². The summed E-state index contributed by atoms with van der Waals surface area (Å²) in [6, 6.07) is 13.8. The summed E-state index contributed by atoms with van der Waals surface area (Å²) in [5.74, 6) is 0.921. The number of nitrogens with zero attached hydrogens (tertiary/aromatic N) is 1. The lowest BCUT2D eigenvalue weighted by Crippen LogP contribution is -2.13. The Morgan fingerprint density at radius 3 is 2.32 bits per heavy atom. The van der Waals surface area contributed by atoms with E-state index in [-0.39, 0.29) is 0 Å². The van der Waals surface area contributed by atoms with Crippen LogP contribution in [0.1, 0.15) is 27.2 Å². The number of primary amides is 1. The van der Waals surface area contributed by atoms with E-state index in [9.17, 15) is 4.79 Å². The molecule has 2 N–H and O–H groups in total. The normalized spacial score (nSPS) is 10.8. The molecule has 2 aromatic carbocycles. The van der Waals surface area contributed by atoms with Crippen molar-refractivity contribution >= 4 is 21.8 Å². The molecule has 0 saturated heterocycles. The fourth-order valence-corrected chi connectivity index (χ4v) is 3.95. The SMILES string of the molecule is COc1cccc(Cn2c(C)c(C(N)=O)c(C)c2-c2ccc(Br)cc2)c1OC. The molecule has 0 bridgehead atoms. The van der Waals surface area contributed by atoms with Gasteiger partial charge in [0.25, 0.3) is 5.91 Å². The fourth-order valence-electron chi connectivity index (χ4n) is 3.68. The molecule has 1 heterocycles. The van der Waals surface area contributed by atoms with Gasteiger partial charge < -0.3 is 19.8 Å². The molecule has 0 spiro atoms. The largest absolute Gasteiger partial charge is 0.493 e. The molecule has 28 heavy (non-hydrogen) atoms. The van der Waals surface area contributed by atoms with Crippen molar-refractivity contribution in [2.45, 2.75) is 20.4 Å². The number of ether oxygens (including phenoxy) is 2. The number of nitrogens with two attached hydrogens (primary N) is 1. The minimum atomic E-state index is -0.426. The lowest BCUT2D eigenvalue weighted by molar-refractivity contribution is 0.0999. The van der Waals surface area contributed by atoms with Gasteiger partial charge in [-0.25, -0.2) is 0 Å². The van der Waals surface area contributed by atoms with Gasteiger partial charge in [0, 0.05) is 15.7 Å². The minimum absolute atomic E-state index is 0.426. The van der Waals surface area contributed by atoms with Gasteiger partial charge in [-0.15, -0.1) is 0 Å². The van der Waals surface area contributed by atoms with Crippen LogP contribution in [-0.2, 0) is 6.54 Å². The van der Waals surface area contributed by atoms with E-state index in [1.54, 1.807) is 14.2 Å². The molecular formula is C22H23BrN2O3. The second kappa shape index (κ2) is 8.10. The van der Waals surface area contributed by atoms with Crippen LogP contribution in [0.15, 0.2) is 46.9 Å². The van der Waals surface area contributed by atoms with Crippen molar-refractivity contribution < 1.29 is 14.3 Å². The maximum atomic E-state index is 12.1. The van der Waals surface area contributed by atoms with Gasteiger partial charge in [0.15, 0.2) is 11.5 Å². The summed E-state index contributed by atoms with van der Waals surface area (Å²) in [4.78, 5) is 12.1. The van der Waals surface area contributed by atoms with Gasteiger partial charge in [-0.3, -0.25) is 4.79 Å². The number of aromatic nitrogens is 1. The molecule has 6 heteroatoms. The highest BCUT2D eigenvalue weighted by Crippen LogP contribution is 2.36. The topological polar surface area (TPSA) is 66.5 Å². The Morgan fingerprint density at radius 1 is 1.07 bits per heavy atom. The number of hydrogen-bond acceptors (Lipinski definition) is 3. The van der Waals surface area contributed by atoms with Crippen molar-refractivity contribution in [2.75, 3.05) is 14.2 Å². The second-order valence-corrected chi connectivity index (χ2v) is 7.46. The first-order valence-corrected chi connectivity index (χ1v) is 9.63. The Bertz CT molecular complexity index is 1020. The third-order valence-corrected chi connectivity index (χ3v) is 5.47. The first-order chi connectivity index (χ1) is 13.4. The van der Waals surface area contributed by atoms with Gasteiger partial charge in [0.05, 0.1) is 32.0 Å². The highest BCUT2D eigenvalue weighted by Gasteiger charge is 2.23. The van der Waals surface area contributed by atoms with Gasteiger partial charge >= 0.3 is 0 Å². The molecule has 146 valence electrons. The molecule has 0 radical (unpaired) electrons. The number of hydrogen-bond donors (Lipinski definition) is 1. The molecule has 0 aliphatic heterocycles. The number of methoxy groups -OCH3 is 2. The molecule has 0 aliphatic rings. The summed E-state index contributed by atoms with van der Waals surface area (Å²) >= 11 is 3.48. The van der Waals surface area contributed by atoms with Crippen LogP contribution in [-0.4, -0.2) is 24.7 Å². The molecule has 0 fully saturated rings. The summed E-state index contributed by atoms with van der Waals surface area (Å²) in [6.07, 6.45) is 0. The van der Waals surface area contributed by atoms with Crippen LogP contribution >= 0.6 is 15.9 Å². The van der Waals surface area contributed by atoms with E-state index in [0.29, 0.717) is 23.6 Å². The average molecular weight is 443 g/mol. The first-order valence-electron chi connectivity index (χ1n) is 8.84. The number of carbonyl (C=O) groups is 1. The Morgan fingerprint density at radius 2 is 1.75 bits per heavy atom. The molecule has 0 aliphatic carbocycles. The molecule has 3 aromatic rings. The van der Waals surface area contributed by atoms with E-state index >= 15 is 0 Å². The Kier molecular flexibility index (Phi) is 5.79. The zero-order valence-corrected chi connectivity index (χ0v) is 18.0. The quantitative estimate of drug-likeness (QED) is 0.601. The summed E-state index contributed by atoms with van der Waals surface area (Å²) in [5.41, 5.74) is 10.9. The fraction of sp³-hybridized carbons (Fsp3) is 0.227. The van der Waals surface area contributed by atoms with Crippen LogP contribution in [0.5, 0.6) is 11.5 Å². The molecule has 0 atom stereocenters. The predicted octanol–water partition coefficient (Wildman–Crippen LogP) is 4.70. The Hall–Kier alpha value is -2.73. The van der Waals surface area contributed by atoms with Gasteiger partial charge in [-0.1, -0.05) is 40.2 Å². The Labute approximate surface area is 173 Å². The molecule has 3 rings (SSSR count). The van der Waals surface area contributed by atoms with Crippen molar-refractivity contribution in [1.82, 2.24) is 4.57 Å². The number of carbonyl (C=O) groups excluding carboxylic acids is 1. The van der Waals surface area contributed by atoms with E-state index in [0.717, 1.165) is 32.6 Å². The predicted molar refractivity (Wildman–Crippen MR) is 114 cm³/mol. The van der Waals surface area contributed by atoms with Gasteiger partial charge in [0.2, 0.25) is 0 Å². The molecule has 5 nitrogen and oxygen atoms in total. The van der Waals surface area contributed by atoms with E-state index < -0.39 is 5.91 Å². The monoisotopic (exact) mass is 442 g/mol. The molecule has 1 aromatic heterocycles. The highest BCUT2D eigenvalue weighted by atomic mass is 79.9. The van der Waals surface area contributed by atoms with Crippen LogP contribution in [0.2, 0.25) is 0 Å². The smallest absolute Gasteiger partial charge is 0.250 e. The first kappa shape index (κ1) is 20.0. The number of benzene rings is 2. The second-order valence-electron chi connectivity index (χ2n) is 6.54. The van der Waals surface area contributed by atoms with Gasteiger partial charge in [-0.2, -0.15) is 0 Å². The van der Waals surface area contributed by atoms with Crippen LogP contribution in [0, 0.1) is 13.8 Å². The Balaban J connectivity index is 2.22. The number of amides is 1. The van der Waals surface area contributed by atoms with Crippen molar-refractivity contribution in [3.8, 4) is 22.8 Å². The molecule has 1 amide bonds. The molecule has 0 unspecified atom stereocenters. The van der Waals surface area contributed by atoms with Crippen molar-refractivity contribution in [2.24, 2.45) is 5.73 Å². The minimum Gasteiger partial charge on any atom is -0.493 e. The van der Waals surface area contributed by atoms with Crippen molar-refractivity contribution in [3.05, 3.63) is 69.3 Å². The third kappa shape index (κ3) is 3.52. The van der Waals surface area contributed by atoms with Crippen molar-refractivity contribution in [1.29, 1.82) is 0 Å². The molecular weight excluding hydrogens is 420 g/mol. The summed E-state index contributed by atoms with van der Waals surface area (Å²) < 4.78 is 14.1. The van der Waals surface area contributed by atoms with E-state index in [2.05, 4.69) is 20.5 Å². The standard InChI is InChI=1S/C22H23BrN2O3/c1-13-19(22(24)26)14(2)25(20(13)15-8-10-17(23)11-9-15)12-16-6-5-7-18(27-3)21(16)28-4/h5-11H,12H2,1-4H3,(H2,24,26). The maximum Gasteiger partial charge on any atom is 0.250 e. The molecule has 0 saturated carbocycles. The maximum absolute atomic E-state index is 12.1. The van der Waals surface area contributed by atoms with Crippen molar-refractivity contribution in [3.63, 3.8) is 0 Å².